The van der Waals surface area contributed by atoms with Crippen LogP contribution in [0, 0.1) is 0 Å². The van der Waals surface area contributed by atoms with Gasteiger partial charge in [0.1, 0.15) is 0 Å². The van der Waals surface area contributed by atoms with Crippen molar-refractivity contribution >= 4 is 16.7 Å². The lowest BCUT2D eigenvalue weighted by Crippen LogP contribution is -1.90. The van der Waals surface area contributed by atoms with Crippen LogP contribution in [0.3, 0.4) is 0 Å². The minimum absolute atomic E-state index is 0.744. The maximum Gasteiger partial charge on any atom is 0.176 e. The maximum absolute atomic E-state index is 4.21. The van der Waals surface area contributed by atoms with E-state index in [-0.39, 0.29) is 0 Å². The van der Waals surface area contributed by atoms with Crippen LogP contribution in [-0.4, -0.2) is 19.4 Å². The van der Waals surface area contributed by atoms with Gasteiger partial charge < -0.3 is 0 Å². The zero-order valence-electron chi connectivity index (χ0n) is 6.75. The van der Waals surface area contributed by atoms with Gasteiger partial charge in [0.15, 0.2) is 5.65 Å². The Morgan fingerprint density at radius 2 is 2.15 bits per heavy atom. The van der Waals surface area contributed by atoms with E-state index >= 15 is 0 Å². The Morgan fingerprint density at radius 1 is 1.15 bits per heavy atom. The molecule has 0 aliphatic rings. The summed E-state index contributed by atoms with van der Waals surface area (Å²) in [5, 5.41) is 0. The molecule has 0 amide bonds. The number of pyridine rings is 1. The molecule has 0 aromatic carbocycles. The second kappa shape index (κ2) is 2.26. The second-order valence-corrected chi connectivity index (χ2v) is 2.79. The van der Waals surface area contributed by atoms with Gasteiger partial charge in [-0.3, -0.25) is 4.40 Å². The molecule has 0 radical (unpaired) electrons. The van der Waals surface area contributed by atoms with Crippen LogP contribution in [-0.2, 0) is 0 Å². The first-order chi connectivity index (χ1) is 6.45. The van der Waals surface area contributed by atoms with Crippen molar-refractivity contribution in [3.63, 3.8) is 0 Å². The molecule has 13 heavy (non-hydrogen) atoms. The highest BCUT2D eigenvalue weighted by Crippen LogP contribution is 2.10. The molecule has 0 bridgehead atoms. The fourth-order valence-corrected chi connectivity index (χ4v) is 1.41. The molecule has 4 heteroatoms. The molecule has 0 saturated carbocycles. The van der Waals surface area contributed by atoms with Gasteiger partial charge in [0.2, 0.25) is 0 Å². The van der Waals surface area contributed by atoms with E-state index in [9.17, 15) is 0 Å². The molecule has 0 atom stereocenters. The lowest BCUT2D eigenvalue weighted by molar-refractivity contribution is 1.16. The summed E-state index contributed by atoms with van der Waals surface area (Å²) in [6.45, 7) is 0. The van der Waals surface area contributed by atoms with Gasteiger partial charge in [-0.15, -0.1) is 0 Å². The third-order valence-corrected chi connectivity index (χ3v) is 2.01. The van der Waals surface area contributed by atoms with Crippen LogP contribution in [0.25, 0.3) is 16.7 Å². The number of nitrogens with zero attached hydrogens (tertiary/aromatic N) is 4. The Morgan fingerprint density at radius 3 is 3.15 bits per heavy atom. The second-order valence-electron chi connectivity index (χ2n) is 2.79. The molecule has 3 aromatic heterocycles. The smallest absolute Gasteiger partial charge is 0.176 e. The Kier molecular flexibility index (Phi) is 1.14. The monoisotopic (exact) mass is 170 g/mol. The predicted molar refractivity (Wildman–Crippen MR) is 48.3 cm³/mol. The molecule has 62 valence electrons. The minimum Gasteiger partial charge on any atom is -0.294 e. The minimum atomic E-state index is 0.744. The molecule has 4 nitrogen and oxygen atoms in total. The number of imidazole rings is 1. The van der Waals surface area contributed by atoms with Gasteiger partial charge in [0, 0.05) is 6.20 Å². The van der Waals surface area contributed by atoms with E-state index in [4.69, 9.17) is 0 Å². The summed E-state index contributed by atoms with van der Waals surface area (Å²) in [6, 6.07) is 3.87. The Hall–Kier alpha value is -1.97. The van der Waals surface area contributed by atoms with E-state index in [1.807, 2.05) is 16.5 Å². The van der Waals surface area contributed by atoms with Crippen molar-refractivity contribution < 1.29 is 0 Å². The third-order valence-electron chi connectivity index (χ3n) is 2.01. The molecular formula is C9H6N4. The molecule has 0 saturated heterocycles. The largest absolute Gasteiger partial charge is 0.294 e. The van der Waals surface area contributed by atoms with Crippen molar-refractivity contribution in [1.82, 2.24) is 19.4 Å². The molecule has 0 spiro atoms. The first-order valence-corrected chi connectivity index (χ1v) is 3.97. The lowest BCUT2D eigenvalue weighted by atomic mass is 10.4. The third kappa shape index (κ3) is 0.823. The van der Waals surface area contributed by atoms with Crippen molar-refractivity contribution in [3.05, 3.63) is 37.1 Å². The summed E-state index contributed by atoms with van der Waals surface area (Å²) in [5.41, 5.74) is 2.71. The molecule has 0 unspecified atom stereocenters. The molecule has 3 rings (SSSR count). The zero-order valence-corrected chi connectivity index (χ0v) is 6.75. The number of aromatic nitrogens is 4. The summed E-state index contributed by atoms with van der Waals surface area (Å²) in [6.07, 6.45) is 7.04. The van der Waals surface area contributed by atoms with Crippen molar-refractivity contribution in [2.45, 2.75) is 0 Å². The first kappa shape index (κ1) is 6.54. The Bertz CT molecular complexity index is 570. The summed E-state index contributed by atoms with van der Waals surface area (Å²) in [5.74, 6) is 0. The molecule has 0 fully saturated rings. The highest BCUT2D eigenvalue weighted by molar-refractivity contribution is 5.73. The van der Waals surface area contributed by atoms with E-state index < -0.39 is 0 Å². The summed E-state index contributed by atoms with van der Waals surface area (Å²) >= 11 is 0. The van der Waals surface area contributed by atoms with Crippen molar-refractivity contribution in [2.75, 3.05) is 0 Å². The number of hydrogen-bond acceptors (Lipinski definition) is 3. The highest BCUT2D eigenvalue weighted by atomic mass is 15.0. The number of hydrogen-bond donors (Lipinski definition) is 0. The van der Waals surface area contributed by atoms with E-state index in [0.29, 0.717) is 0 Å². The zero-order chi connectivity index (χ0) is 8.67. The molecule has 3 heterocycles. The Balaban J connectivity index is 2.65. The van der Waals surface area contributed by atoms with Gasteiger partial charge in [-0.25, -0.2) is 15.0 Å². The van der Waals surface area contributed by atoms with Crippen molar-refractivity contribution in [3.8, 4) is 0 Å². The van der Waals surface area contributed by atoms with Gasteiger partial charge in [-0.1, -0.05) is 0 Å². The topological polar surface area (TPSA) is 43.1 Å². The molecular weight excluding hydrogens is 164 g/mol. The summed E-state index contributed by atoms with van der Waals surface area (Å²) < 4.78 is 1.97. The van der Waals surface area contributed by atoms with E-state index in [2.05, 4.69) is 15.0 Å². The average molecular weight is 170 g/mol. The van der Waals surface area contributed by atoms with Gasteiger partial charge in [-0.2, -0.15) is 0 Å². The fraction of sp³-hybridized carbons (Fsp3) is 0. The first-order valence-electron chi connectivity index (χ1n) is 3.97. The van der Waals surface area contributed by atoms with Crippen LogP contribution in [0.15, 0.2) is 37.1 Å². The lowest BCUT2D eigenvalue weighted by Gasteiger charge is -1.98. The van der Waals surface area contributed by atoms with E-state index in [1.54, 1.807) is 24.9 Å². The summed E-state index contributed by atoms with van der Waals surface area (Å²) in [4.78, 5) is 12.4. The van der Waals surface area contributed by atoms with Gasteiger partial charge in [-0.05, 0) is 12.1 Å². The number of rotatable bonds is 0. The van der Waals surface area contributed by atoms with E-state index in [1.165, 1.54) is 0 Å². The molecule has 0 aliphatic heterocycles. The predicted octanol–water partition coefficient (Wildman–Crippen LogP) is 1.28. The van der Waals surface area contributed by atoms with Gasteiger partial charge in [0.05, 0.1) is 29.8 Å². The van der Waals surface area contributed by atoms with Gasteiger partial charge in [0.25, 0.3) is 0 Å². The maximum atomic E-state index is 4.21. The fourth-order valence-electron chi connectivity index (χ4n) is 1.41. The number of fused-ring (bicyclic) bond motifs is 3. The molecule has 0 aliphatic carbocycles. The van der Waals surface area contributed by atoms with Crippen LogP contribution in [0.1, 0.15) is 0 Å². The normalized spacial score (nSPS) is 11.1. The summed E-state index contributed by atoms with van der Waals surface area (Å²) in [7, 11) is 0. The van der Waals surface area contributed by atoms with Crippen molar-refractivity contribution in [2.24, 2.45) is 0 Å². The quantitative estimate of drug-likeness (QED) is 0.510. The Labute approximate surface area is 73.9 Å². The average Bonchev–Trinajstić information content (AvgIpc) is 2.65. The highest BCUT2D eigenvalue weighted by Gasteiger charge is 1.99. The van der Waals surface area contributed by atoms with Crippen LogP contribution in [0.5, 0.6) is 0 Å². The van der Waals surface area contributed by atoms with E-state index in [0.717, 1.165) is 16.7 Å². The van der Waals surface area contributed by atoms with Crippen LogP contribution < -0.4 is 0 Å². The van der Waals surface area contributed by atoms with Crippen molar-refractivity contribution in [1.29, 1.82) is 0 Å². The molecule has 0 N–H and O–H groups in total. The standard InChI is InChI=1S/C9H6N4/c1-2-8-9(11-3-1)12-5-7-4-10-6-13(7)8/h1-6H. The molecule has 3 aromatic rings. The van der Waals surface area contributed by atoms with Crippen LogP contribution in [0.4, 0.5) is 0 Å². The SMILES string of the molecule is c1cnc2ncc3cncn3c2c1. The van der Waals surface area contributed by atoms with Gasteiger partial charge >= 0.3 is 0 Å². The van der Waals surface area contributed by atoms with Crippen LogP contribution >= 0.6 is 0 Å². The van der Waals surface area contributed by atoms with Crippen LogP contribution in [0.2, 0.25) is 0 Å².